The average molecular weight is 735 g/mol. The van der Waals surface area contributed by atoms with Crippen molar-refractivity contribution >= 4 is 11.5 Å². The smallest absolute Gasteiger partial charge is 0.135 e. The Labute approximate surface area is 337 Å². The van der Waals surface area contributed by atoms with E-state index in [4.69, 9.17) is 4.99 Å². The minimum atomic E-state index is 0.0185. The SMILES string of the molecule is C=C(/N=C(\NC(C)c1ccccc1)c1cccc(C)c1-c1cc(-c2ccc(-c3cc(-c4ccccc4)cc(-c4ccccc4)c3)cc2)ccc1C)c1ccccc1. The molecular formula is C55H46N2. The molecule has 0 aliphatic rings. The molecule has 2 heteroatoms. The fourth-order valence-electron chi connectivity index (χ4n) is 7.57. The van der Waals surface area contributed by atoms with E-state index in [1.165, 1.54) is 61.2 Å². The third kappa shape index (κ3) is 8.32. The van der Waals surface area contributed by atoms with Gasteiger partial charge in [-0.1, -0.05) is 183 Å². The van der Waals surface area contributed by atoms with Crippen molar-refractivity contribution in [3.63, 3.8) is 0 Å². The summed E-state index contributed by atoms with van der Waals surface area (Å²) >= 11 is 0. The minimum absolute atomic E-state index is 0.0185. The molecule has 1 unspecified atom stereocenters. The molecule has 0 aromatic heterocycles. The van der Waals surface area contributed by atoms with E-state index in [0.29, 0.717) is 5.70 Å². The number of hydrogen-bond donors (Lipinski definition) is 1. The first-order valence-corrected chi connectivity index (χ1v) is 19.6. The molecule has 57 heavy (non-hydrogen) atoms. The van der Waals surface area contributed by atoms with Gasteiger partial charge in [0.2, 0.25) is 0 Å². The molecule has 0 heterocycles. The van der Waals surface area contributed by atoms with Crippen LogP contribution in [0.25, 0.3) is 61.3 Å². The summed E-state index contributed by atoms with van der Waals surface area (Å²) in [7, 11) is 0. The van der Waals surface area contributed by atoms with Crippen molar-refractivity contribution in [3.05, 3.63) is 235 Å². The lowest BCUT2D eigenvalue weighted by Gasteiger charge is -2.22. The number of nitrogens with zero attached hydrogens (tertiary/aromatic N) is 1. The molecule has 276 valence electrons. The molecule has 0 spiro atoms. The van der Waals surface area contributed by atoms with Crippen molar-refractivity contribution in [2.24, 2.45) is 4.99 Å². The Balaban J connectivity index is 1.18. The van der Waals surface area contributed by atoms with Gasteiger partial charge in [-0.15, -0.1) is 0 Å². The van der Waals surface area contributed by atoms with E-state index in [2.05, 4.69) is 215 Å². The fourth-order valence-corrected chi connectivity index (χ4v) is 7.57. The van der Waals surface area contributed by atoms with Crippen molar-refractivity contribution in [1.82, 2.24) is 5.32 Å². The number of aryl methyl sites for hydroxylation is 2. The molecule has 8 rings (SSSR count). The third-order valence-electron chi connectivity index (χ3n) is 10.7. The van der Waals surface area contributed by atoms with Gasteiger partial charge in [-0.3, -0.25) is 0 Å². The van der Waals surface area contributed by atoms with E-state index in [1.807, 2.05) is 18.2 Å². The van der Waals surface area contributed by atoms with Crippen LogP contribution in [-0.2, 0) is 0 Å². The summed E-state index contributed by atoms with van der Waals surface area (Å²) in [6.45, 7) is 11.0. The van der Waals surface area contributed by atoms with Crippen LogP contribution in [0.1, 0.15) is 40.8 Å². The molecular weight excluding hydrogens is 689 g/mol. The number of nitrogens with one attached hydrogen (secondary N) is 1. The van der Waals surface area contributed by atoms with Gasteiger partial charge in [0.05, 0.1) is 5.70 Å². The molecule has 0 fully saturated rings. The summed E-state index contributed by atoms with van der Waals surface area (Å²) in [5.74, 6) is 0.792. The van der Waals surface area contributed by atoms with Crippen LogP contribution in [0.3, 0.4) is 0 Å². The van der Waals surface area contributed by atoms with Crippen molar-refractivity contribution in [2.75, 3.05) is 0 Å². The maximum absolute atomic E-state index is 5.22. The average Bonchev–Trinajstić information content (AvgIpc) is 3.27. The minimum Gasteiger partial charge on any atom is -0.363 e. The Kier molecular flexibility index (Phi) is 10.9. The molecule has 1 N–H and O–H groups in total. The summed E-state index contributed by atoms with van der Waals surface area (Å²) < 4.78 is 0. The maximum atomic E-state index is 5.22. The first-order valence-electron chi connectivity index (χ1n) is 19.6. The molecule has 8 aromatic carbocycles. The van der Waals surface area contributed by atoms with Crippen LogP contribution >= 0.6 is 0 Å². The van der Waals surface area contributed by atoms with Crippen LogP contribution in [-0.4, -0.2) is 5.84 Å². The van der Waals surface area contributed by atoms with Gasteiger partial charge in [-0.2, -0.15) is 0 Å². The molecule has 0 amide bonds. The summed E-state index contributed by atoms with van der Waals surface area (Å²) in [6.07, 6.45) is 0. The second kappa shape index (κ2) is 16.8. The van der Waals surface area contributed by atoms with Crippen LogP contribution in [0, 0.1) is 13.8 Å². The monoisotopic (exact) mass is 734 g/mol. The van der Waals surface area contributed by atoms with Crippen molar-refractivity contribution in [2.45, 2.75) is 26.8 Å². The van der Waals surface area contributed by atoms with E-state index >= 15 is 0 Å². The zero-order valence-electron chi connectivity index (χ0n) is 32.8. The van der Waals surface area contributed by atoms with E-state index in [1.54, 1.807) is 0 Å². The van der Waals surface area contributed by atoms with Gasteiger partial charge in [0.25, 0.3) is 0 Å². The first-order chi connectivity index (χ1) is 27.9. The Morgan fingerprint density at radius 1 is 0.456 bits per heavy atom. The fraction of sp³-hybridized carbons (Fsp3) is 0.0727. The Morgan fingerprint density at radius 3 is 1.49 bits per heavy atom. The summed E-state index contributed by atoms with van der Waals surface area (Å²) in [6, 6.07) is 71.2. The highest BCUT2D eigenvalue weighted by Crippen LogP contribution is 2.37. The molecule has 8 aromatic rings. The van der Waals surface area contributed by atoms with Gasteiger partial charge in [-0.05, 0) is 123 Å². The van der Waals surface area contributed by atoms with E-state index in [9.17, 15) is 0 Å². The van der Waals surface area contributed by atoms with Crippen molar-refractivity contribution in [1.29, 1.82) is 0 Å². The lowest BCUT2D eigenvalue weighted by Crippen LogP contribution is -2.28. The highest BCUT2D eigenvalue weighted by molar-refractivity contribution is 6.08. The van der Waals surface area contributed by atoms with Gasteiger partial charge in [-0.25, -0.2) is 4.99 Å². The highest BCUT2D eigenvalue weighted by atomic mass is 15.0. The lowest BCUT2D eigenvalue weighted by atomic mass is 9.88. The molecule has 0 bridgehead atoms. The topological polar surface area (TPSA) is 24.4 Å². The number of aliphatic imine (C=N–C) groups is 1. The van der Waals surface area contributed by atoms with Crippen LogP contribution in [0.2, 0.25) is 0 Å². The summed E-state index contributed by atoms with van der Waals surface area (Å²) in [5, 5.41) is 3.79. The molecule has 0 aliphatic carbocycles. The van der Waals surface area contributed by atoms with Gasteiger partial charge in [0.1, 0.15) is 5.84 Å². The van der Waals surface area contributed by atoms with E-state index in [-0.39, 0.29) is 6.04 Å². The second-order valence-corrected chi connectivity index (χ2v) is 14.7. The van der Waals surface area contributed by atoms with Gasteiger partial charge in [0.15, 0.2) is 0 Å². The second-order valence-electron chi connectivity index (χ2n) is 14.7. The predicted molar refractivity (Wildman–Crippen MR) is 243 cm³/mol. The van der Waals surface area contributed by atoms with Gasteiger partial charge >= 0.3 is 0 Å². The standard InChI is InChI=1S/C55H46N2/c1-38-28-29-48(46-30-32-47(33-31-46)51-35-49(44-23-13-7-14-24-44)34-50(36-51)45-25-15-8-16-26-45)37-53(38)54-39(2)18-17-27-52(54)55(56-40(3)42-19-9-5-10-20-42)57-41(4)43-21-11-6-12-22-43/h5-37,41H,3H2,1-2,4H3,(H,56,57). The molecule has 0 aliphatic heterocycles. The Bertz CT molecular complexity index is 2600. The quantitative estimate of drug-likeness (QED) is 0.110. The normalized spacial score (nSPS) is 11.9. The molecule has 0 radical (unpaired) electrons. The van der Waals surface area contributed by atoms with Crippen molar-refractivity contribution < 1.29 is 0 Å². The Morgan fingerprint density at radius 2 is 0.930 bits per heavy atom. The summed E-state index contributed by atoms with van der Waals surface area (Å²) in [4.78, 5) is 5.22. The molecule has 2 nitrogen and oxygen atoms in total. The van der Waals surface area contributed by atoms with E-state index < -0.39 is 0 Å². The van der Waals surface area contributed by atoms with Crippen LogP contribution < -0.4 is 5.32 Å². The number of hydrogen-bond acceptors (Lipinski definition) is 1. The van der Waals surface area contributed by atoms with Crippen LogP contribution in [0.15, 0.2) is 212 Å². The maximum Gasteiger partial charge on any atom is 0.135 e. The zero-order valence-corrected chi connectivity index (χ0v) is 32.8. The number of amidine groups is 1. The third-order valence-corrected chi connectivity index (χ3v) is 10.7. The summed E-state index contributed by atoms with van der Waals surface area (Å²) in [5.41, 5.74) is 18.2. The Hall–Kier alpha value is -7.03. The lowest BCUT2D eigenvalue weighted by molar-refractivity contribution is 0.717. The largest absolute Gasteiger partial charge is 0.363 e. The van der Waals surface area contributed by atoms with Gasteiger partial charge in [0, 0.05) is 11.6 Å². The number of benzene rings is 8. The molecule has 1 atom stereocenters. The van der Waals surface area contributed by atoms with Gasteiger partial charge < -0.3 is 5.32 Å². The highest BCUT2D eigenvalue weighted by Gasteiger charge is 2.19. The van der Waals surface area contributed by atoms with Crippen LogP contribution in [0.5, 0.6) is 0 Å². The predicted octanol–water partition coefficient (Wildman–Crippen LogP) is 14.4. The first kappa shape index (κ1) is 36.9. The molecule has 0 saturated carbocycles. The van der Waals surface area contributed by atoms with E-state index in [0.717, 1.165) is 28.1 Å². The number of rotatable bonds is 10. The van der Waals surface area contributed by atoms with Crippen LogP contribution in [0.4, 0.5) is 0 Å². The molecule has 0 saturated heterocycles. The zero-order chi connectivity index (χ0) is 39.1. The van der Waals surface area contributed by atoms with Crippen molar-refractivity contribution in [3.8, 4) is 55.6 Å².